The number of hydrogen-bond acceptors (Lipinski definition) is 6. The van der Waals surface area contributed by atoms with E-state index in [2.05, 4.69) is 47.7 Å². The smallest absolute Gasteiger partial charge is 0.319 e. The van der Waals surface area contributed by atoms with E-state index in [0.29, 0.717) is 16.7 Å². The molecule has 0 bridgehead atoms. The predicted octanol–water partition coefficient (Wildman–Crippen LogP) is 5.59. The monoisotopic (exact) mass is 493 g/mol. The van der Waals surface area contributed by atoms with Gasteiger partial charge in [-0.15, -0.1) is 5.10 Å². The molecule has 180 valence electrons. The van der Waals surface area contributed by atoms with Gasteiger partial charge in [0.1, 0.15) is 0 Å². The van der Waals surface area contributed by atoms with Gasteiger partial charge in [-0.2, -0.15) is 0 Å². The van der Waals surface area contributed by atoms with Crippen LogP contribution in [0.15, 0.2) is 24.3 Å². The second kappa shape index (κ2) is 11.0. The van der Waals surface area contributed by atoms with Gasteiger partial charge in [0.15, 0.2) is 5.82 Å². The van der Waals surface area contributed by atoms with Crippen molar-refractivity contribution in [2.45, 2.75) is 71.4 Å². The molecule has 1 saturated carbocycles. The predicted molar refractivity (Wildman–Crippen MR) is 131 cm³/mol. The molecule has 1 aliphatic rings. The number of nitrogens with one attached hydrogen (secondary N) is 1. The summed E-state index contributed by atoms with van der Waals surface area (Å²) in [5.74, 6) is 0.476. The van der Waals surface area contributed by atoms with E-state index in [0.717, 1.165) is 43.5 Å². The van der Waals surface area contributed by atoms with Gasteiger partial charge in [0.05, 0.1) is 24.7 Å². The standard InChI is InChI=1S/C24H33Cl2N5O2/c1-5-33-21(32)16-27-24(13-7-6-8-14-24)22-28-29-30-31(22)20(23(2,3)4)12-10-17-9-11-18(25)15-19(17)26/h9-12,15,20,27H,5-8,13-14,16H2,1-4H3. The average Bonchev–Trinajstić information content (AvgIpc) is 3.24. The summed E-state index contributed by atoms with van der Waals surface area (Å²) in [6, 6.07) is 5.30. The third-order valence-corrected chi connectivity index (χ3v) is 6.64. The van der Waals surface area contributed by atoms with Gasteiger partial charge in [-0.05, 0) is 53.3 Å². The highest BCUT2D eigenvalue weighted by Crippen LogP contribution is 2.40. The summed E-state index contributed by atoms with van der Waals surface area (Å²) in [5.41, 5.74) is 0.207. The van der Waals surface area contributed by atoms with E-state index < -0.39 is 5.54 Å². The minimum Gasteiger partial charge on any atom is -0.465 e. The maximum absolute atomic E-state index is 12.1. The Bertz CT molecular complexity index is 977. The fraction of sp³-hybridized carbons (Fsp3) is 0.583. The van der Waals surface area contributed by atoms with E-state index in [4.69, 9.17) is 27.9 Å². The summed E-state index contributed by atoms with van der Waals surface area (Å²) in [6.45, 7) is 8.73. The van der Waals surface area contributed by atoms with Crippen LogP contribution >= 0.6 is 23.2 Å². The molecule has 9 heteroatoms. The average molecular weight is 494 g/mol. The number of ether oxygens (including phenoxy) is 1. The van der Waals surface area contributed by atoms with Crippen LogP contribution in [0.2, 0.25) is 10.0 Å². The van der Waals surface area contributed by atoms with Crippen molar-refractivity contribution < 1.29 is 9.53 Å². The lowest BCUT2D eigenvalue weighted by molar-refractivity contribution is -0.142. The summed E-state index contributed by atoms with van der Waals surface area (Å²) in [5, 5.41) is 17.6. The Morgan fingerprint density at radius 1 is 1.27 bits per heavy atom. The first kappa shape index (κ1) is 25.7. The number of halogens is 2. The lowest BCUT2D eigenvalue weighted by atomic mass is 9.79. The Balaban J connectivity index is 1.97. The number of rotatable bonds is 8. The largest absolute Gasteiger partial charge is 0.465 e. The number of allylic oxidation sites excluding steroid dienone is 1. The summed E-state index contributed by atoms with van der Waals surface area (Å²) in [6.07, 6.45) is 9.02. The van der Waals surface area contributed by atoms with Crippen molar-refractivity contribution in [3.05, 3.63) is 45.7 Å². The second-order valence-electron chi connectivity index (χ2n) is 9.58. The first-order valence-electron chi connectivity index (χ1n) is 11.5. The Kier molecular flexibility index (Phi) is 8.54. The Hall–Kier alpha value is -1.96. The van der Waals surface area contributed by atoms with Crippen LogP contribution in [0.3, 0.4) is 0 Å². The zero-order chi connectivity index (χ0) is 24.1. The zero-order valence-electron chi connectivity index (χ0n) is 19.8. The lowest BCUT2D eigenvalue weighted by Crippen LogP contribution is -2.49. The summed E-state index contributed by atoms with van der Waals surface area (Å²) in [4.78, 5) is 12.1. The number of tetrazole rings is 1. The van der Waals surface area contributed by atoms with E-state index in [1.165, 1.54) is 0 Å². The molecule has 3 rings (SSSR count). The molecular weight excluding hydrogens is 461 g/mol. The Morgan fingerprint density at radius 2 is 2.00 bits per heavy atom. The van der Waals surface area contributed by atoms with E-state index in [-0.39, 0.29) is 24.0 Å². The van der Waals surface area contributed by atoms with Gasteiger partial charge < -0.3 is 4.74 Å². The highest BCUT2D eigenvalue weighted by atomic mass is 35.5. The third-order valence-electron chi connectivity index (χ3n) is 6.08. The van der Waals surface area contributed by atoms with E-state index in [1.807, 2.05) is 29.8 Å². The van der Waals surface area contributed by atoms with Crippen LogP contribution in [0.5, 0.6) is 0 Å². The minimum absolute atomic E-state index is 0.122. The first-order chi connectivity index (χ1) is 15.7. The topological polar surface area (TPSA) is 81.9 Å². The van der Waals surface area contributed by atoms with Gasteiger partial charge in [-0.3, -0.25) is 10.1 Å². The molecule has 1 fully saturated rings. The molecule has 1 N–H and O–H groups in total. The van der Waals surface area contributed by atoms with Gasteiger partial charge in [0, 0.05) is 10.0 Å². The molecule has 1 aliphatic carbocycles. The molecule has 1 atom stereocenters. The van der Waals surface area contributed by atoms with Crippen LogP contribution in [0.1, 0.15) is 77.2 Å². The van der Waals surface area contributed by atoms with Crippen LogP contribution in [0.4, 0.5) is 0 Å². The molecule has 7 nitrogen and oxygen atoms in total. The summed E-state index contributed by atoms with van der Waals surface area (Å²) in [7, 11) is 0. The van der Waals surface area contributed by atoms with E-state index in [1.54, 1.807) is 6.07 Å². The van der Waals surface area contributed by atoms with Crippen molar-refractivity contribution in [2.24, 2.45) is 5.41 Å². The summed E-state index contributed by atoms with van der Waals surface area (Å²) < 4.78 is 7.03. The van der Waals surface area contributed by atoms with Gasteiger partial charge in [-0.1, -0.05) is 81.5 Å². The van der Waals surface area contributed by atoms with Crippen molar-refractivity contribution in [3.8, 4) is 0 Å². The number of hydrogen-bond donors (Lipinski definition) is 1. The molecule has 0 spiro atoms. The quantitative estimate of drug-likeness (QED) is 0.482. The van der Waals surface area contributed by atoms with Crippen LogP contribution in [0, 0.1) is 5.41 Å². The Morgan fingerprint density at radius 3 is 2.64 bits per heavy atom. The van der Waals surface area contributed by atoms with Crippen LogP contribution in [-0.4, -0.2) is 39.3 Å². The SMILES string of the molecule is CCOC(=O)CNC1(c2nnnn2C(C=Cc2ccc(Cl)cc2Cl)C(C)(C)C)CCCCC1. The molecule has 0 aliphatic heterocycles. The molecule has 33 heavy (non-hydrogen) atoms. The molecule has 1 unspecified atom stereocenters. The third kappa shape index (κ3) is 6.34. The van der Waals surface area contributed by atoms with E-state index >= 15 is 0 Å². The minimum atomic E-state index is -0.482. The van der Waals surface area contributed by atoms with Crippen molar-refractivity contribution in [2.75, 3.05) is 13.2 Å². The van der Waals surface area contributed by atoms with Crippen molar-refractivity contribution >= 4 is 35.2 Å². The zero-order valence-corrected chi connectivity index (χ0v) is 21.3. The molecule has 0 saturated heterocycles. The maximum Gasteiger partial charge on any atom is 0.319 e. The number of carbonyl (C=O) groups is 1. The molecule has 0 amide bonds. The molecule has 0 radical (unpaired) electrons. The number of esters is 1. The molecule has 1 aromatic carbocycles. The van der Waals surface area contributed by atoms with E-state index in [9.17, 15) is 4.79 Å². The summed E-state index contributed by atoms with van der Waals surface area (Å²) >= 11 is 12.4. The molecule has 2 aromatic rings. The normalized spacial score (nSPS) is 17.3. The van der Waals surface area contributed by atoms with Crippen molar-refractivity contribution in [1.82, 2.24) is 25.5 Å². The van der Waals surface area contributed by atoms with Gasteiger partial charge in [0.2, 0.25) is 0 Å². The van der Waals surface area contributed by atoms with Gasteiger partial charge >= 0.3 is 5.97 Å². The van der Waals surface area contributed by atoms with Crippen molar-refractivity contribution in [1.29, 1.82) is 0 Å². The van der Waals surface area contributed by atoms with Crippen molar-refractivity contribution in [3.63, 3.8) is 0 Å². The Labute approximate surface area is 205 Å². The molecular formula is C24H33Cl2N5O2. The fourth-order valence-corrected chi connectivity index (χ4v) is 4.82. The lowest BCUT2D eigenvalue weighted by Gasteiger charge is -2.39. The first-order valence-corrected chi connectivity index (χ1v) is 12.2. The number of nitrogens with zero attached hydrogens (tertiary/aromatic N) is 4. The number of carbonyl (C=O) groups excluding carboxylic acids is 1. The highest BCUT2D eigenvalue weighted by Gasteiger charge is 2.41. The molecule has 1 aromatic heterocycles. The van der Waals surface area contributed by atoms with Gasteiger partial charge in [-0.25, -0.2) is 4.68 Å². The second-order valence-corrected chi connectivity index (χ2v) is 10.4. The van der Waals surface area contributed by atoms with Crippen LogP contribution < -0.4 is 5.32 Å². The van der Waals surface area contributed by atoms with Gasteiger partial charge in [0.25, 0.3) is 0 Å². The van der Waals surface area contributed by atoms with Crippen LogP contribution in [0.25, 0.3) is 6.08 Å². The number of aromatic nitrogens is 4. The molecule has 1 heterocycles. The van der Waals surface area contributed by atoms with Crippen LogP contribution in [-0.2, 0) is 15.1 Å². The highest BCUT2D eigenvalue weighted by molar-refractivity contribution is 6.35. The number of benzene rings is 1. The maximum atomic E-state index is 12.1. The fourth-order valence-electron chi connectivity index (χ4n) is 4.35.